The summed E-state index contributed by atoms with van der Waals surface area (Å²) in [6, 6.07) is 14.0. The lowest BCUT2D eigenvalue weighted by Crippen LogP contribution is -1.98. The first-order chi connectivity index (χ1) is 9.58. The van der Waals surface area contributed by atoms with Gasteiger partial charge in [0.2, 0.25) is 0 Å². The summed E-state index contributed by atoms with van der Waals surface area (Å²) in [6.45, 7) is 1.86. The van der Waals surface area contributed by atoms with Gasteiger partial charge >= 0.3 is 0 Å². The molecule has 0 amide bonds. The molecule has 2 aromatic carbocycles. The molecular formula is C17H20N2O2. The van der Waals surface area contributed by atoms with Crippen LogP contribution >= 0.6 is 0 Å². The zero-order chi connectivity index (χ0) is 14.5. The van der Waals surface area contributed by atoms with Crippen molar-refractivity contribution >= 4 is 12.2 Å². The predicted octanol–water partition coefficient (Wildman–Crippen LogP) is 3.66. The van der Waals surface area contributed by atoms with E-state index in [0.717, 1.165) is 5.57 Å². The van der Waals surface area contributed by atoms with Gasteiger partial charge in [-0.1, -0.05) is 36.4 Å². The van der Waals surface area contributed by atoms with E-state index in [4.69, 9.17) is 5.73 Å². The van der Waals surface area contributed by atoms with Gasteiger partial charge in [0, 0.05) is 16.8 Å². The maximum atomic E-state index is 9.73. The van der Waals surface area contributed by atoms with Crippen molar-refractivity contribution in [2.45, 2.75) is 6.92 Å². The first kappa shape index (κ1) is 16.3. The molecule has 0 aliphatic rings. The lowest BCUT2D eigenvalue weighted by Gasteiger charge is -2.05. The molecule has 0 heterocycles. The normalized spacial score (nSPS) is 11.9. The van der Waals surface area contributed by atoms with Gasteiger partial charge in [0.05, 0.1) is 0 Å². The number of allylic oxidation sites excluding steroid dienone is 1. The number of nitrogens with two attached hydrogens (primary N) is 1. The van der Waals surface area contributed by atoms with E-state index in [-0.39, 0.29) is 17.6 Å². The standard InChI is InChI=1S/C17H17NO2.H3N/c1-12(10-13-6-2-4-8-16(13)19)15(18)11-14-7-3-5-9-17(14)20;/h2-11,19-20H,18H2,1H3;1H3. The summed E-state index contributed by atoms with van der Waals surface area (Å²) in [6.07, 6.45) is 3.52. The van der Waals surface area contributed by atoms with E-state index in [1.807, 2.05) is 25.1 Å². The Morgan fingerprint density at radius 2 is 1.29 bits per heavy atom. The first-order valence-corrected chi connectivity index (χ1v) is 6.30. The zero-order valence-electron chi connectivity index (χ0n) is 12.0. The van der Waals surface area contributed by atoms with Crippen LogP contribution < -0.4 is 11.9 Å². The van der Waals surface area contributed by atoms with E-state index in [9.17, 15) is 10.2 Å². The van der Waals surface area contributed by atoms with Gasteiger partial charge in [-0.05, 0) is 36.8 Å². The molecule has 0 radical (unpaired) electrons. The van der Waals surface area contributed by atoms with Crippen molar-refractivity contribution in [2.24, 2.45) is 5.73 Å². The largest absolute Gasteiger partial charge is 0.507 e. The molecular weight excluding hydrogens is 264 g/mol. The van der Waals surface area contributed by atoms with Crippen molar-refractivity contribution < 1.29 is 10.2 Å². The van der Waals surface area contributed by atoms with Crippen LogP contribution in [-0.2, 0) is 0 Å². The molecule has 0 atom stereocenters. The number of phenolic OH excluding ortho intramolecular Hbond substituents is 2. The Hall–Kier alpha value is -2.72. The van der Waals surface area contributed by atoms with E-state index in [2.05, 4.69) is 0 Å². The zero-order valence-corrected chi connectivity index (χ0v) is 12.0. The van der Waals surface area contributed by atoms with Crippen LogP contribution in [0.2, 0.25) is 0 Å². The highest BCUT2D eigenvalue weighted by atomic mass is 16.3. The van der Waals surface area contributed by atoms with Gasteiger partial charge in [-0.3, -0.25) is 0 Å². The van der Waals surface area contributed by atoms with Gasteiger partial charge in [0.1, 0.15) is 11.5 Å². The molecule has 0 aliphatic heterocycles. The van der Waals surface area contributed by atoms with Crippen LogP contribution in [0, 0.1) is 0 Å². The van der Waals surface area contributed by atoms with Gasteiger partial charge in [-0.25, -0.2) is 0 Å². The topological polar surface area (TPSA) is 101 Å². The summed E-state index contributed by atoms with van der Waals surface area (Å²) in [5, 5.41) is 19.4. The van der Waals surface area contributed by atoms with Crippen LogP contribution in [0.25, 0.3) is 12.2 Å². The third kappa shape index (κ3) is 4.12. The molecule has 4 nitrogen and oxygen atoms in total. The summed E-state index contributed by atoms with van der Waals surface area (Å²) < 4.78 is 0. The number of hydrogen-bond donors (Lipinski definition) is 4. The third-order valence-electron chi connectivity index (χ3n) is 3.01. The highest BCUT2D eigenvalue weighted by Crippen LogP contribution is 2.23. The Balaban J connectivity index is 0.00000220. The highest BCUT2D eigenvalue weighted by Gasteiger charge is 2.01. The third-order valence-corrected chi connectivity index (χ3v) is 3.01. The fourth-order valence-electron chi connectivity index (χ4n) is 1.82. The fraction of sp³-hybridized carbons (Fsp3) is 0.0588. The summed E-state index contributed by atoms with van der Waals surface area (Å²) >= 11 is 0. The lowest BCUT2D eigenvalue weighted by molar-refractivity contribution is 0.473. The van der Waals surface area contributed by atoms with E-state index in [1.54, 1.807) is 42.5 Å². The minimum Gasteiger partial charge on any atom is -0.507 e. The van der Waals surface area contributed by atoms with Gasteiger partial charge in [-0.2, -0.15) is 0 Å². The van der Waals surface area contributed by atoms with Crippen LogP contribution in [0.15, 0.2) is 59.8 Å². The molecule has 110 valence electrons. The molecule has 2 rings (SSSR count). The van der Waals surface area contributed by atoms with E-state index in [0.29, 0.717) is 16.8 Å². The van der Waals surface area contributed by atoms with Crippen LogP contribution in [0.3, 0.4) is 0 Å². The van der Waals surface area contributed by atoms with Gasteiger partial charge in [0.15, 0.2) is 0 Å². The van der Waals surface area contributed by atoms with Crippen molar-refractivity contribution in [1.29, 1.82) is 0 Å². The molecule has 21 heavy (non-hydrogen) atoms. The van der Waals surface area contributed by atoms with Crippen LogP contribution in [0.5, 0.6) is 11.5 Å². The lowest BCUT2D eigenvalue weighted by atomic mass is 10.1. The average Bonchev–Trinajstić information content (AvgIpc) is 2.43. The molecule has 0 aliphatic carbocycles. The molecule has 0 aromatic heterocycles. The van der Waals surface area contributed by atoms with Crippen molar-refractivity contribution in [3.05, 3.63) is 70.9 Å². The molecule has 0 unspecified atom stereocenters. The molecule has 0 saturated heterocycles. The predicted molar refractivity (Wildman–Crippen MR) is 87.1 cm³/mol. The minimum absolute atomic E-state index is 0. The van der Waals surface area contributed by atoms with Crippen molar-refractivity contribution in [2.75, 3.05) is 0 Å². The summed E-state index contributed by atoms with van der Waals surface area (Å²) in [5.41, 5.74) is 8.74. The fourth-order valence-corrected chi connectivity index (χ4v) is 1.82. The van der Waals surface area contributed by atoms with Crippen molar-refractivity contribution in [3.8, 4) is 11.5 Å². The van der Waals surface area contributed by atoms with Crippen LogP contribution in [0.1, 0.15) is 18.1 Å². The van der Waals surface area contributed by atoms with E-state index >= 15 is 0 Å². The Morgan fingerprint density at radius 3 is 1.76 bits per heavy atom. The summed E-state index contributed by atoms with van der Waals surface area (Å²) in [4.78, 5) is 0. The number of rotatable bonds is 3. The van der Waals surface area contributed by atoms with E-state index < -0.39 is 0 Å². The smallest absolute Gasteiger partial charge is 0.122 e. The highest BCUT2D eigenvalue weighted by molar-refractivity contribution is 5.68. The molecule has 0 fully saturated rings. The molecule has 0 spiro atoms. The summed E-state index contributed by atoms with van der Waals surface area (Å²) in [7, 11) is 0. The number of benzene rings is 2. The number of para-hydroxylation sites is 2. The molecule has 0 bridgehead atoms. The van der Waals surface area contributed by atoms with Gasteiger partial charge in [-0.15, -0.1) is 0 Å². The Kier molecular flexibility index (Phi) is 5.57. The average molecular weight is 284 g/mol. The molecule has 0 saturated carbocycles. The second kappa shape index (κ2) is 7.17. The second-order valence-corrected chi connectivity index (χ2v) is 4.54. The van der Waals surface area contributed by atoms with Gasteiger partial charge < -0.3 is 22.1 Å². The Bertz CT molecular complexity index is 616. The van der Waals surface area contributed by atoms with Crippen molar-refractivity contribution in [3.63, 3.8) is 0 Å². The maximum Gasteiger partial charge on any atom is 0.122 e. The van der Waals surface area contributed by atoms with Crippen molar-refractivity contribution in [1.82, 2.24) is 6.15 Å². The SMILES string of the molecule is CC(=Cc1ccccc1O)C(N)=Cc1ccccc1O.N. The van der Waals surface area contributed by atoms with Crippen LogP contribution in [-0.4, -0.2) is 10.2 Å². The Labute approximate surface area is 124 Å². The molecule has 2 aromatic rings. The first-order valence-electron chi connectivity index (χ1n) is 6.30. The van der Waals surface area contributed by atoms with Crippen LogP contribution in [0.4, 0.5) is 0 Å². The monoisotopic (exact) mass is 284 g/mol. The molecule has 7 N–H and O–H groups in total. The van der Waals surface area contributed by atoms with Gasteiger partial charge in [0.25, 0.3) is 0 Å². The molecule has 4 heteroatoms. The summed E-state index contributed by atoms with van der Waals surface area (Å²) in [5.74, 6) is 0.396. The maximum absolute atomic E-state index is 9.73. The quantitative estimate of drug-likeness (QED) is 0.646. The minimum atomic E-state index is 0. The number of aromatic hydroxyl groups is 2. The number of phenols is 2. The van der Waals surface area contributed by atoms with E-state index in [1.165, 1.54) is 0 Å². The second-order valence-electron chi connectivity index (χ2n) is 4.54. The Morgan fingerprint density at radius 1 is 0.857 bits per heavy atom. The number of hydrogen-bond acceptors (Lipinski definition) is 4.